The smallest absolute Gasteiger partial charge is 0.306 e. The van der Waals surface area contributed by atoms with E-state index in [1.165, 1.54) is 6.07 Å². The molecular weight excluding hydrogens is 194 g/mol. The number of aromatic nitrogens is 1. The van der Waals surface area contributed by atoms with Crippen LogP contribution in [0.1, 0.15) is 18.2 Å². The van der Waals surface area contributed by atoms with Gasteiger partial charge in [0, 0.05) is 0 Å². The standard InChI is InChI=1S/C8H8ClNO3/c9-7-3-1-2-5(10-7)6(11)4-8(12)13/h1-3,6,11H,4H2,(H,12,13)/t6-/m0/s1. The van der Waals surface area contributed by atoms with Crippen LogP contribution in [-0.2, 0) is 4.79 Å². The Labute approximate surface area is 79.8 Å². The molecule has 1 atom stereocenters. The zero-order valence-corrected chi connectivity index (χ0v) is 7.40. The van der Waals surface area contributed by atoms with E-state index in [1.807, 2.05) is 0 Å². The maximum absolute atomic E-state index is 10.2. The van der Waals surface area contributed by atoms with Gasteiger partial charge in [0.2, 0.25) is 0 Å². The lowest BCUT2D eigenvalue weighted by Crippen LogP contribution is -2.06. The number of nitrogens with zero attached hydrogens (tertiary/aromatic N) is 1. The number of carboxylic acid groups (broad SMARTS) is 1. The second kappa shape index (κ2) is 4.20. The number of aliphatic hydroxyl groups is 1. The van der Waals surface area contributed by atoms with Gasteiger partial charge in [0.15, 0.2) is 0 Å². The first-order valence-corrected chi connectivity index (χ1v) is 3.99. The van der Waals surface area contributed by atoms with Crippen LogP contribution in [0.5, 0.6) is 0 Å². The fourth-order valence-corrected chi connectivity index (χ4v) is 1.05. The molecule has 70 valence electrons. The van der Waals surface area contributed by atoms with Crippen LogP contribution in [0, 0.1) is 0 Å². The summed E-state index contributed by atoms with van der Waals surface area (Å²) >= 11 is 5.56. The van der Waals surface area contributed by atoms with E-state index in [-0.39, 0.29) is 17.3 Å². The molecule has 1 heterocycles. The van der Waals surface area contributed by atoms with E-state index in [0.717, 1.165) is 0 Å². The van der Waals surface area contributed by atoms with E-state index in [9.17, 15) is 9.90 Å². The number of rotatable bonds is 3. The fourth-order valence-electron chi connectivity index (χ4n) is 0.880. The number of pyridine rings is 1. The van der Waals surface area contributed by atoms with E-state index in [4.69, 9.17) is 16.7 Å². The summed E-state index contributed by atoms with van der Waals surface area (Å²) in [6, 6.07) is 4.69. The van der Waals surface area contributed by atoms with Crippen molar-refractivity contribution in [2.24, 2.45) is 0 Å². The molecule has 0 aliphatic carbocycles. The van der Waals surface area contributed by atoms with E-state index in [1.54, 1.807) is 12.1 Å². The lowest BCUT2D eigenvalue weighted by Gasteiger charge is -2.06. The molecule has 0 fully saturated rings. The molecule has 0 amide bonds. The third-order valence-corrected chi connectivity index (χ3v) is 1.66. The van der Waals surface area contributed by atoms with Crippen molar-refractivity contribution in [2.45, 2.75) is 12.5 Å². The summed E-state index contributed by atoms with van der Waals surface area (Å²) in [6.07, 6.45) is -1.47. The zero-order chi connectivity index (χ0) is 9.84. The lowest BCUT2D eigenvalue weighted by molar-refractivity contribution is -0.139. The topological polar surface area (TPSA) is 70.4 Å². The van der Waals surface area contributed by atoms with Gasteiger partial charge in [-0.15, -0.1) is 0 Å². The molecule has 0 bridgehead atoms. The maximum atomic E-state index is 10.2. The number of carboxylic acids is 1. The number of aliphatic hydroxyl groups excluding tert-OH is 1. The Bertz CT molecular complexity index is 316. The van der Waals surface area contributed by atoms with E-state index in [0.29, 0.717) is 0 Å². The molecule has 0 saturated carbocycles. The van der Waals surface area contributed by atoms with Crippen LogP contribution in [0.3, 0.4) is 0 Å². The Morgan fingerprint density at radius 3 is 2.85 bits per heavy atom. The summed E-state index contributed by atoms with van der Waals surface area (Å²) in [5.74, 6) is -1.07. The summed E-state index contributed by atoms with van der Waals surface area (Å²) in [5, 5.41) is 17.9. The molecule has 1 rings (SSSR count). The summed E-state index contributed by atoms with van der Waals surface area (Å²) < 4.78 is 0. The molecule has 1 aromatic rings. The van der Waals surface area contributed by atoms with E-state index >= 15 is 0 Å². The average Bonchev–Trinajstić information content (AvgIpc) is 2.03. The molecule has 0 aromatic carbocycles. The molecule has 0 radical (unpaired) electrons. The molecule has 1 aromatic heterocycles. The fraction of sp³-hybridized carbons (Fsp3) is 0.250. The van der Waals surface area contributed by atoms with Crippen LogP contribution in [0.4, 0.5) is 0 Å². The van der Waals surface area contributed by atoms with E-state index in [2.05, 4.69) is 4.98 Å². The molecule has 0 saturated heterocycles. The summed E-state index contributed by atoms with van der Waals surface area (Å²) in [6.45, 7) is 0. The Kier molecular flexibility index (Phi) is 3.22. The van der Waals surface area contributed by atoms with Crippen LogP contribution < -0.4 is 0 Å². The maximum Gasteiger partial charge on any atom is 0.306 e. The molecule has 5 heteroatoms. The van der Waals surface area contributed by atoms with Crippen LogP contribution in [-0.4, -0.2) is 21.2 Å². The third kappa shape index (κ3) is 3.01. The first-order chi connectivity index (χ1) is 6.09. The number of aliphatic carboxylic acids is 1. The largest absolute Gasteiger partial charge is 0.481 e. The van der Waals surface area contributed by atoms with Crippen molar-refractivity contribution in [3.63, 3.8) is 0 Å². The lowest BCUT2D eigenvalue weighted by atomic mass is 10.2. The van der Waals surface area contributed by atoms with Crippen molar-refractivity contribution in [1.29, 1.82) is 0 Å². The van der Waals surface area contributed by atoms with Crippen molar-refractivity contribution in [1.82, 2.24) is 4.98 Å². The van der Waals surface area contributed by atoms with Gasteiger partial charge in [-0.3, -0.25) is 4.79 Å². The quantitative estimate of drug-likeness (QED) is 0.722. The highest BCUT2D eigenvalue weighted by Crippen LogP contribution is 2.15. The minimum absolute atomic E-state index is 0.238. The molecule has 13 heavy (non-hydrogen) atoms. The number of halogens is 1. The normalized spacial score (nSPS) is 12.5. The first kappa shape index (κ1) is 9.95. The first-order valence-electron chi connectivity index (χ1n) is 3.62. The highest BCUT2D eigenvalue weighted by Gasteiger charge is 2.13. The molecule has 0 unspecified atom stereocenters. The van der Waals surface area contributed by atoms with Gasteiger partial charge in [0.05, 0.1) is 12.1 Å². The van der Waals surface area contributed by atoms with Gasteiger partial charge in [-0.05, 0) is 12.1 Å². The van der Waals surface area contributed by atoms with Gasteiger partial charge in [0.25, 0.3) is 0 Å². The van der Waals surface area contributed by atoms with Crippen molar-refractivity contribution in [2.75, 3.05) is 0 Å². The summed E-state index contributed by atoms with van der Waals surface area (Å²) in [4.78, 5) is 14.0. The Balaban J connectivity index is 2.76. The summed E-state index contributed by atoms with van der Waals surface area (Å²) in [5.41, 5.74) is 0.273. The Morgan fingerprint density at radius 1 is 1.62 bits per heavy atom. The molecule has 0 aliphatic rings. The van der Waals surface area contributed by atoms with Crippen molar-refractivity contribution < 1.29 is 15.0 Å². The van der Waals surface area contributed by atoms with Crippen LogP contribution >= 0.6 is 11.6 Å². The van der Waals surface area contributed by atoms with Crippen molar-refractivity contribution in [3.8, 4) is 0 Å². The van der Waals surface area contributed by atoms with Crippen LogP contribution in [0.2, 0.25) is 5.15 Å². The minimum Gasteiger partial charge on any atom is -0.481 e. The number of carbonyl (C=O) groups is 1. The van der Waals surface area contributed by atoms with Crippen molar-refractivity contribution >= 4 is 17.6 Å². The molecule has 0 spiro atoms. The van der Waals surface area contributed by atoms with Gasteiger partial charge < -0.3 is 10.2 Å². The molecule has 4 nitrogen and oxygen atoms in total. The number of hydrogen-bond acceptors (Lipinski definition) is 3. The zero-order valence-electron chi connectivity index (χ0n) is 6.64. The SMILES string of the molecule is O=C(O)C[C@H](O)c1cccc(Cl)n1. The van der Waals surface area contributed by atoms with E-state index < -0.39 is 12.1 Å². The molecule has 2 N–H and O–H groups in total. The molecule has 0 aliphatic heterocycles. The highest BCUT2D eigenvalue weighted by atomic mass is 35.5. The van der Waals surface area contributed by atoms with Crippen LogP contribution in [0.25, 0.3) is 0 Å². The molecular formula is C8H8ClNO3. The predicted molar refractivity (Wildman–Crippen MR) is 46.5 cm³/mol. The van der Waals surface area contributed by atoms with Gasteiger partial charge in [0.1, 0.15) is 11.3 Å². The monoisotopic (exact) mass is 201 g/mol. The highest BCUT2D eigenvalue weighted by molar-refractivity contribution is 6.29. The third-order valence-electron chi connectivity index (χ3n) is 1.45. The van der Waals surface area contributed by atoms with Gasteiger partial charge >= 0.3 is 5.97 Å². The second-order valence-corrected chi connectivity index (χ2v) is 2.89. The number of hydrogen-bond donors (Lipinski definition) is 2. The Hall–Kier alpha value is -1.13. The minimum atomic E-state index is -1.10. The summed E-state index contributed by atoms with van der Waals surface area (Å²) in [7, 11) is 0. The second-order valence-electron chi connectivity index (χ2n) is 2.50. The van der Waals surface area contributed by atoms with Gasteiger partial charge in [-0.1, -0.05) is 17.7 Å². The predicted octanol–water partition coefficient (Wildman–Crippen LogP) is 1.24. The average molecular weight is 202 g/mol. The van der Waals surface area contributed by atoms with Gasteiger partial charge in [-0.25, -0.2) is 4.98 Å². The van der Waals surface area contributed by atoms with Crippen LogP contribution in [0.15, 0.2) is 18.2 Å². The van der Waals surface area contributed by atoms with Crippen molar-refractivity contribution in [3.05, 3.63) is 29.0 Å². The van der Waals surface area contributed by atoms with Gasteiger partial charge in [-0.2, -0.15) is 0 Å². The Morgan fingerprint density at radius 2 is 2.31 bits per heavy atom.